The first-order valence-electron chi connectivity index (χ1n) is 3.50. The van der Waals surface area contributed by atoms with Crippen LogP contribution in [0.15, 0.2) is 22.7 Å². The Bertz CT molecular complexity index is 384. The van der Waals surface area contributed by atoms with Gasteiger partial charge in [-0.3, -0.25) is 4.79 Å². The molecule has 1 rings (SSSR count). The van der Waals surface area contributed by atoms with Crippen LogP contribution in [0.4, 0.5) is 0 Å². The van der Waals surface area contributed by atoms with Crippen LogP contribution < -0.4 is 0 Å². The highest BCUT2D eigenvalue weighted by Gasteiger charge is 2.06. The molecule has 0 aromatic heterocycles. The Morgan fingerprint density at radius 1 is 1.62 bits per heavy atom. The van der Waals surface area contributed by atoms with Crippen LogP contribution >= 0.6 is 27.5 Å². The number of nitrogens with zero attached hydrogens (tertiary/aromatic N) is 1. The number of nitriles is 1. The average molecular weight is 259 g/mol. The van der Waals surface area contributed by atoms with E-state index in [0.29, 0.717) is 10.6 Å². The van der Waals surface area contributed by atoms with E-state index in [9.17, 15) is 4.79 Å². The van der Waals surface area contributed by atoms with E-state index in [1.807, 2.05) is 0 Å². The van der Waals surface area contributed by atoms with Crippen molar-refractivity contribution in [2.45, 2.75) is 6.42 Å². The summed E-state index contributed by atoms with van der Waals surface area (Å²) in [5.41, 5.74) is 0.467. The SMILES string of the molecule is N#CCC(=O)c1ccc(Br)c(Cl)c1. The summed E-state index contributed by atoms with van der Waals surface area (Å²) in [6.45, 7) is 0. The molecular weight excluding hydrogens is 253 g/mol. The number of carbonyl (C=O) groups excluding carboxylic acids is 1. The molecule has 1 aromatic carbocycles. The van der Waals surface area contributed by atoms with Crippen molar-refractivity contribution in [3.8, 4) is 6.07 Å². The van der Waals surface area contributed by atoms with Crippen molar-refractivity contribution < 1.29 is 4.79 Å². The Balaban J connectivity index is 2.98. The first-order valence-corrected chi connectivity index (χ1v) is 4.67. The minimum atomic E-state index is -0.211. The van der Waals surface area contributed by atoms with Crippen LogP contribution in [0.5, 0.6) is 0 Å². The zero-order valence-electron chi connectivity index (χ0n) is 6.55. The standard InChI is InChI=1S/C9H5BrClNO/c10-7-2-1-6(5-8(7)11)9(13)3-4-12/h1-2,5H,3H2. The molecular formula is C9H5BrClNO. The summed E-state index contributed by atoms with van der Waals surface area (Å²) in [5, 5.41) is 8.78. The molecule has 0 saturated carbocycles. The van der Waals surface area contributed by atoms with Gasteiger partial charge in [0.2, 0.25) is 0 Å². The lowest BCUT2D eigenvalue weighted by atomic mass is 10.1. The molecule has 0 unspecified atom stereocenters. The van der Waals surface area contributed by atoms with Gasteiger partial charge in [-0.2, -0.15) is 5.26 Å². The molecule has 1 aromatic rings. The molecule has 0 N–H and O–H groups in total. The molecule has 0 saturated heterocycles. The smallest absolute Gasteiger partial charge is 0.176 e. The fourth-order valence-corrected chi connectivity index (χ4v) is 1.27. The van der Waals surface area contributed by atoms with Crippen LogP contribution in [0.2, 0.25) is 5.02 Å². The van der Waals surface area contributed by atoms with Gasteiger partial charge in [0, 0.05) is 10.0 Å². The van der Waals surface area contributed by atoms with Crippen LogP contribution in [0.25, 0.3) is 0 Å². The van der Waals surface area contributed by atoms with Crippen molar-refractivity contribution in [2.24, 2.45) is 0 Å². The van der Waals surface area contributed by atoms with E-state index in [2.05, 4.69) is 15.9 Å². The zero-order chi connectivity index (χ0) is 9.84. The maximum absolute atomic E-state index is 11.2. The van der Waals surface area contributed by atoms with Gasteiger partial charge in [-0.15, -0.1) is 0 Å². The second-order valence-electron chi connectivity index (χ2n) is 2.39. The van der Waals surface area contributed by atoms with Crippen LogP contribution in [-0.4, -0.2) is 5.78 Å². The second-order valence-corrected chi connectivity index (χ2v) is 3.65. The van der Waals surface area contributed by atoms with Crippen molar-refractivity contribution in [1.82, 2.24) is 0 Å². The number of ketones is 1. The van der Waals surface area contributed by atoms with E-state index >= 15 is 0 Å². The summed E-state index contributed by atoms with van der Waals surface area (Å²) in [6, 6.07) is 6.66. The van der Waals surface area contributed by atoms with Crippen molar-refractivity contribution in [2.75, 3.05) is 0 Å². The first kappa shape index (κ1) is 10.2. The molecule has 0 atom stereocenters. The molecule has 0 aliphatic carbocycles. The average Bonchev–Trinajstić information content (AvgIpc) is 2.10. The monoisotopic (exact) mass is 257 g/mol. The first-order chi connectivity index (χ1) is 6.15. The van der Waals surface area contributed by atoms with Gasteiger partial charge in [0.15, 0.2) is 5.78 Å². The largest absolute Gasteiger partial charge is 0.293 e. The maximum Gasteiger partial charge on any atom is 0.176 e. The minimum Gasteiger partial charge on any atom is -0.293 e. The van der Waals surface area contributed by atoms with Gasteiger partial charge < -0.3 is 0 Å². The van der Waals surface area contributed by atoms with Crippen molar-refractivity contribution in [3.05, 3.63) is 33.3 Å². The van der Waals surface area contributed by atoms with Crippen molar-refractivity contribution in [1.29, 1.82) is 5.26 Å². The van der Waals surface area contributed by atoms with Gasteiger partial charge in [-0.25, -0.2) is 0 Å². The van der Waals surface area contributed by atoms with E-state index in [0.717, 1.165) is 4.47 Å². The van der Waals surface area contributed by atoms with Crippen LogP contribution in [-0.2, 0) is 0 Å². The molecule has 0 amide bonds. The van der Waals surface area contributed by atoms with Crippen LogP contribution in [0.1, 0.15) is 16.8 Å². The van der Waals surface area contributed by atoms with E-state index in [4.69, 9.17) is 16.9 Å². The van der Waals surface area contributed by atoms with Crippen molar-refractivity contribution >= 4 is 33.3 Å². The Kier molecular flexibility index (Phi) is 3.47. The van der Waals surface area contributed by atoms with E-state index in [1.165, 1.54) is 0 Å². The minimum absolute atomic E-state index is 0.113. The molecule has 13 heavy (non-hydrogen) atoms. The Morgan fingerprint density at radius 3 is 2.85 bits per heavy atom. The summed E-state index contributed by atoms with van der Waals surface area (Å²) in [4.78, 5) is 11.2. The summed E-state index contributed by atoms with van der Waals surface area (Å²) in [7, 11) is 0. The lowest BCUT2D eigenvalue weighted by Gasteiger charge is -1.98. The Labute approximate surface area is 89.3 Å². The highest BCUT2D eigenvalue weighted by atomic mass is 79.9. The third-order valence-electron chi connectivity index (χ3n) is 1.48. The molecule has 0 aliphatic rings. The quantitative estimate of drug-likeness (QED) is 0.764. The summed E-state index contributed by atoms with van der Waals surface area (Å²) < 4.78 is 0.739. The van der Waals surface area contributed by atoms with Gasteiger partial charge in [0.25, 0.3) is 0 Å². The summed E-state index contributed by atoms with van der Waals surface area (Å²) in [5.74, 6) is -0.211. The Hall–Kier alpha value is -0.850. The lowest BCUT2D eigenvalue weighted by Crippen LogP contribution is -1.96. The number of benzene rings is 1. The van der Waals surface area contributed by atoms with E-state index in [1.54, 1.807) is 24.3 Å². The van der Waals surface area contributed by atoms with Gasteiger partial charge in [-0.1, -0.05) is 17.7 Å². The van der Waals surface area contributed by atoms with E-state index < -0.39 is 0 Å². The number of halogens is 2. The zero-order valence-corrected chi connectivity index (χ0v) is 8.89. The number of hydrogen-bond donors (Lipinski definition) is 0. The van der Waals surface area contributed by atoms with Gasteiger partial charge in [-0.05, 0) is 28.1 Å². The molecule has 66 valence electrons. The predicted octanol–water partition coefficient (Wildman–Crippen LogP) is 3.20. The topological polar surface area (TPSA) is 40.9 Å². The summed E-state index contributed by atoms with van der Waals surface area (Å²) in [6.07, 6.45) is -0.113. The second kappa shape index (κ2) is 4.40. The third kappa shape index (κ3) is 2.55. The van der Waals surface area contributed by atoms with Crippen LogP contribution in [0, 0.1) is 11.3 Å². The van der Waals surface area contributed by atoms with Crippen LogP contribution in [0.3, 0.4) is 0 Å². The third-order valence-corrected chi connectivity index (χ3v) is 2.71. The van der Waals surface area contributed by atoms with Gasteiger partial charge in [0.05, 0.1) is 17.5 Å². The molecule has 0 fully saturated rings. The maximum atomic E-state index is 11.2. The normalized spacial score (nSPS) is 9.31. The molecule has 4 heteroatoms. The fourth-order valence-electron chi connectivity index (χ4n) is 0.843. The molecule has 0 aliphatic heterocycles. The van der Waals surface area contributed by atoms with Gasteiger partial charge in [0.1, 0.15) is 0 Å². The molecule has 0 radical (unpaired) electrons. The number of carbonyl (C=O) groups is 1. The Morgan fingerprint density at radius 2 is 2.31 bits per heavy atom. The van der Waals surface area contributed by atoms with Gasteiger partial charge >= 0.3 is 0 Å². The fraction of sp³-hybridized carbons (Fsp3) is 0.111. The predicted molar refractivity (Wildman–Crippen MR) is 53.7 cm³/mol. The number of Topliss-reactive ketones (excluding diaryl/α,β-unsaturated/α-hetero) is 1. The molecule has 0 spiro atoms. The van der Waals surface area contributed by atoms with Crippen molar-refractivity contribution in [3.63, 3.8) is 0 Å². The lowest BCUT2D eigenvalue weighted by molar-refractivity contribution is 0.0997. The highest BCUT2D eigenvalue weighted by molar-refractivity contribution is 9.10. The highest BCUT2D eigenvalue weighted by Crippen LogP contribution is 2.23. The molecule has 0 heterocycles. The molecule has 2 nitrogen and oxygen atoms in total. The summed E-state index contributed by atoms with van der Waals surface area (Å²) >= 11 is 8.99. The number of rotatable bonds is 2. The van der Waals surface area contributed by atoms with E-state index in [-0.39, 0.29) is 12.2 Å². The molecule has 0 bridgehead atoms. The number of hydrogen-bond acceptors (Lipinski definition) is 2.